The Bertz CT molecular complexity index is 1230. The number of hydrogen-bond acceptors (Lipinski definition) is 5. The number of benzene rings is 3. The fourth-order valence-electron chi connectivity index (χ4n) is 3.06. The van der Waals surface area contributed by atoms with Crippen LogP contribution >= 0.6 is 0 Å². The van der Waals surface area contributed by atoms with Crippen LogP contribution in [0.4, 0.5) is 33.6 Å². The van der Waals surface area contributed by atoms with Gasteiger partial charge >= 0.3 is 12.8 Å². The van der Waals surface area contributed by atoms with E-state index in [1.807, 2.05) is 30.3 Å². The second-order valence-corrected chi connectivity index (χ2v) is 6.87. The first kappa shape index (κ1) is 22.3. The third kappa shape index (κ3) is 5.65. The quantitative estimate of drug-likeness (QED) is 0.316. The fraction of sp³-hybridized carbons (Fsp3) is 0.130. The number of nitrogens with one attached hydrogen (secondary N) is 1. The van der Waals surface area contributed by atoms with Gasteiger partial charge in [0.2, 0.25) is 5.95 Å². The highest BCUT2D eigenvalue weighted by Crippen LogP contribution is 2.35. The third-order valence-corrected chi connectivity index (χ3v) is 4.52. The zero-order chi connectivity index (χ0) is 23.4. The highest BCUT2D eigenvalue weighted by atomic mass is 19.4. The summed E-state index contributed by atoms with van der Waals surface area (Å²) in [5.41, 5.74) is 0.101. The molecule has 33 heavy (non-hydrogen) atoms. The summed E-state index contributed by atoms with van der Waals surface area (Å²) in [5.74, 6) is -0.139. The van der Waals surface area contributed by atoms with Gasteiger partial charge in [0.25, 0.3) is 0 Å². The van der Waals surface area contributed by atoms with E-state index in [1.54, 1.807) is 0 Å². The normalized spacial score (nSPS) is 11.6. The lowest BCUT2D eigenvalue weighted by atomic mass is 10.1. The largest absolute Gasteiger partial charge is 0.489 e. The molecule has 0 fully saturated rings. The minimum absolute atomic E-state index is 0.0598. The zero-order valence-electron chi connectivity index (χ0n) is 16.8. The molecule has 1 aromatic heterocycles. The number of halogens is 5. The number of aromatic nitrogens is 2. The minimum atomic E-state index is -4.75. The van der Waals surface area contributed by atoms with E-state index >= 15 is 0 Å². The average molecular weight is 461 g/mol. The number of rotatable bonds is 7. The summed E-state index contributed by atoms with van der Waals surface area (Å²) in [7, 11) is 0. The molecule has 3 aromatic carbocycles. The molecule has 10 heteroatoms. The van der Waals surface area contributed by atoms with Crippen LogP contribution in [0.2, 0.25) is 0 Å². The lowest BCUT2D eigenvalue weighted by Gasteiger charge is -2.14. The van der Waals surface area contributed by atoms with Crippen molar-refractivity contribution < 1.29 is 31.4 Å². The summed E-state index contributed by atoms with van der Waals surface area (Å²) in [4.78, 5) is 7.79. The number of ether oxygens (including phenoxy) is 2. The van der Waals surface area contributed by atoms with E-state index in [-0.39, 0.29) is 35.0 Å². The molecule has 170 valence electrons. The first-order valence-corrected chi connectivity index (χ1v) is 9.65. The standard InChI is InChI=1S/C23H16F5N3O2/c24-21(25)33-16-8-6-15(7-9-16)29-22-30-19-11-10-17(32-13-14-4-2-1-3-5-14)12-18(19)20(31-22)23(26,27)28/h1-12,21H,13H2,(H,29,30,31). The van der Waals surface area contributed by atoms with Gasteiger partial charge in [-0.1, -0.05) is 30.3 Å². The maximum absolute atomic E-state index is 13.7. The molecule has 0 unspecified atom stereocenters. The topological polar surface area (TPSA) is 56.3 Å². The van der Waals surface area contributed by atoms with Gasteiger partial charge in [0.05, 0.1) is 5.52 Å². The Labute approximate surface area is 184 Å². The second kappa shape index (κ2) is 9.27. The smallest absolute Gasteiger partial charge is 0.434 e. The molecule has 0 amide bonds. The number of fused-ring (bicyclic) bond motifs is 1. The number of alkyl halides is 5. The molecule has 0 aliphatic carbocycles. The summed E-state index contributed by atoms with van der Waals surface area (Å²) in [6, 6.07) is 18.6. The molecule has 4 rings (SSSR count). The molecule has 0 spiro atoms. The van der Waals surface area contributed by atoms with Crippen LogP contribution in [0.25, 0.3) is 10.9 Å². The third-order valence-electron chi connectivity index (χ3n) is 4.52. The van der Waals surface area contributed by atoms with E-state index in [9.17, 15) is 22.0 Å². The van der Waals surface area contributed by atoms with Crippen LogP contribution in [0.3, 0.4) is 0 Å². The monoisotopic (exact) mass is 461 g/mol. The van der Waals surface area contributed by atoms with Gasteiger partial charge in [0.15, 0.2) is 5.69 Å². The van der Waals surface area contributed by atoms with Gasteiger partial charge < -0.3 is 14.8 Å². The highest BCUT2D eigenvalue weighted by Gasteiger charge is 2.35. The first-order chi connectivity index (χ1) is 15.8. The summed E-state index contributed by atoms with van der Waals surface area (Å²) < 4.78 is 75.6. The molecule has 4 aromatic rings. The highest BCUT2D eigenvalue weighted by molar-refractivity contribution is 5.84. The molecule has 5 nitrogen and oxygen atoms in total. The van der Waals surface area contributed by atoms with Crippen molar-refractivity contribution >= 4 is 22.5 Å². The van der Waals surface area contributed by atoms with Gasteiger partial charge in [-0.2, -0.15) is 22.0 Å². The van der Waals surface area contributed by atoms with E-state index in [4.69, 9.17) is 4.74 Å². The van der Waals surface area contributed by atoms with Gasteiger partial charge in [0, 0.05) is 11.1 Å². The van der Waals surface area contributed by atoms with Gasteiger partial charge in [0.1, 0.15) is 18.1 Å². The van der Waals surface area contributed by atoms with Crippen LogP contribution in [0.1, 0.15) is 11.3 Å². The molecule has 0 atom stereocenters. The summed E-state index contributed by atoms with van der Waals surface area (Å²) in [6.07, 6.45) is -4.75. The molecule has 0 radical (unpaired) electrons. The van der Waals surface area contributed by atoms with Crippen molar-refractivity contribution in [3.63, 3.8) is 0 Å². The summed E-state index contributed by atoms with van der Waals surface area (Å²) in [5, 5.41) is 2.44. The molecular formula is C23H16F5N3O2. The predicted molar refractivity (Wildman–Crippen MR) is 112 cm³/mol. The molecular weight excluding hydrogens is 445 g/mol. The number of anilines is 2. The van der Waals surface area contributed by atoms with Crippen LogP contribution in [0.5, 0.6) is 11.5 Å². The fourth-order valence-corrected chi connectivity index (χ4v) is 3.06. The first-order valence-electron chi connectivity index (χ1n) is 9.65. The van der Waals surface area contributed by atoms with Gasteiger partial charge in [-0.05, 0) is 48.0 Å². The predicted octanol–water partition coefficient (Wildman–Crippen LogP) is 6.57. The summed E-state index contributed by atoms with van der Waals surface area (Å²) >= 11 is 0. The van der Waals surface area contributed by atoms with E-state index < -0.39 is 18.5 Å². The van der Waals surface area contributed by atoms with Crippen LogP contribution in [-0.2, 0) is 12.8 Å². The Morgan fingerprint density at radius 3 is 2.21 bits per heavy atom. The van der Waals surface area contributed by atoms with Crippen molar-refractivity contribution in [2.24, 2.45) is 0 Å². The molecule has 0 bridgehead atoms. The SMILES string of the molecule is FC(F)Oc1ccc(Nc2nc(C(F)(F)F)c3cc(OCc4ccccc4)ccc3n2)cc1. The molecule has 0 saturated carbocycles. The molecule has 0 aliphatic heterocycles. The Morgan fingerprint density at radius 2 is 1.55 bits per heavy atom. The molecule has 1 N–H and O–H groups in total. The van der Waals surface area contributed by atoms with E-state index in [0.717, 1.165) is 5.56 Å². The van der Waals surface area contributed by atoms with Crippen LogP contribution < -0.4 is 14.8 Å². The zero-order valence-corrected chi connectivity index (χ0v) is 16.8. The maximum Gasteiger partial charge on any atom is 0.434 e. The van der Waals surface area contributed by atoms with E-state index in [2.05, 4.69) is 20.0 Å². The Hall–Kier alpha value is -3.95. The molecule has 0 saturated heterocycles. The van der Waals surface area contributed by atoms with Crippen LogP contribution in [-0.4, -0.2) is 16.6 Å². The Morgan fingerprint density at radius 1 is 0.848 bits per heavy atom. The average Bonchev–Trinajstić information content (AvgIpc) is 2.78. The second-order valence-electron chi connectivity index (χ2n) is 6.87. The van der Waals surface area contributed by atoms with Gasteiger partial charge in [-0.15, -0.1) is 0 Å². The lowest BCUT2D eigenvalue weighted by Crippen LogP contribution is -2.12. The van der Waals surface area contributed by atoms with E-state index in [1.165, 1.54) is 42.5 Å². The van der Waals surface area contributed by atoms with Crippen LogP contribution in [0.15, 0.2) is 72.8 Å². The van der Waals surface area contributed by atoms with Crippen molar-refractivity contribution in [2.75, 3.05) is 5.32 Å². The summed E-state index contributed by atoms with van der Waals surface area (Å²) in [6.45, 7) is -2.79. The van der Waals surface area contributed by atoms with E-state index in [0.29, 0.717) is 5.69 Å². The van der Waals surface area contributed by atoms with Crippen molar-refractivity contribution in [3.8, 4) is 11.5 Å². The number of hydrogen-bond donors (Lipinski definition) is 1. The van der Waals surface area contributed by atoms with Crippen LogP contribution in [0, 0.1) is 0 Å². The van der Waals surface area contributed by atoms with Crippen molar-refractivity contribution in [1.82, 2.24) is 9.97 Å². The molecule has 0 aliphatic rings. The van der Waals surface area contributed by atoms with Gasteiger partial charge in [-0.3, -0.25) is 0 Å². The Kier molecular flexibility index (Phi) is 6.25. The molecule has 1 heterocycles. The minimum Gasteiger partial charge on any atom is -0.489 e. The van der Waals surface area contributed by atoms with Gasteiger partial charge in [-0.25, -0.2) is 9.97 Å². The van der Waals surface area contributed by atoms with Crippen molar-refractivity contribution in [2.45, 2.75) is 19.4 Å². The van der Waals surface area contributed by atoms with Crippen molar-refractivity contribution in [1.29, 1.82) is 0 Å². The Balaban J connectivity index is 1.61. The number of nitrogens with zero attached hydrogens (tertiary/aromatic N) is 2. The van der Waals surface area contributed by atoms with Crippen molar-refractivity contribution in [3.05, 3.63) is 84.1 Å². The lowest BCUT2D eigenvalue weighted by molar-refractivity contribution is -0.139. The maximum atomic E-state index is 13.7.